The molecule has 3 aromatic rings. The minimum atomic E-state index is -3.81. The molecule has 0 bridgehead atoms. The molecule has 206 valence electrons. The number of nitrogens with one attached hydrogen (secondary N) is 1. The zero-order chi connectivity index (χ0) is 27.7. The monoisotopic (exact) mass is 554 g/mol. The highest BCUT2D eigenvalue weighted by molar-refractivity contribution is 7.88. The summed E-state index contributed by atoms with van der Waals surface area (Å²) in [5, 5.41) is 3.45. The average molecular weight is 555 g/mol. The van der Waals surface area contributed by atoms with Crippen LogP contribution in [0.3, 0.4) is 0 Å². The Hall–Kier alpha value is -3.77. The fraction of sp³-hybridized carbons (Fsp3) is 0.407. The minimum absolute atomic E-state index is 0.0519. The third-order valence-corrected chi connectivity index (χ3v) is 9.03. The van der Waals surface area contributed by atoms with Crippen LogP contribution >= 0.6 is 0 Å². The maximum atomic E-state index is 13.6. The van der Waals surface area contributed by atoms with Crippen molar-refractivity contribution in [3.63, 3.8) is 0 Å². The van der Waals surface area contributed by atoms with E-state index in [0.29, 0.717) is 41.5 Å². The van der Waals surface area contributed by atoms with Gasteiger partial charge in [-0.25, -0.2) is 8.42 Å². The number of furan rings is 1. The Morgan fingerprint density at radius 2 is 2.08 bits per heavy atom. The SMILES string of the molecule is CCCC(NC(=O)c1cc2cc(OC)ccc2o1)C(=O)N1CCC2C1C(=O)CN2S(=O)(=O)Cc1cccnc1. The Morgan fingerprint density at radius 3 is 2.79 bits per heavy atom. The lowest BCUT2D eigenvalue weighted by molar-refractivity contribution is -0.138. The quantitative estimate of drug-likeness (QED) is 0.424. The summed E-state index contributed by atoms with van der Waals surface area (Å²) in [5.41, 5.74) is 1.03. The summed E-state index contributed by atoms with van der Waals surface area (Å²) in [4.78, 5) is 45.1. The fourth-order valence-electron chi connectivity index (χ4n) is 5.40. The molecule has 3 unspecified atom stereocenters. The average Bonchev–Trinajstić information content (AvgIpc) is 3.63. The number of Topliss-reactive ketones (excluding diaryl/α,β-unsaturated/α-hetero) is 1. The van der Waals surface area contributed by atoms with E-state index in [1.54, 1.807) is 49.7 Å². The fourth-order valence-corrected chi connectivity index (χ4v) is 7.11. The second-order valence-corrected chi connectivity index (χ2v) is 11.7. The van der Waals surface area contributed by atoms with Crippen LogP contribution in [0.5, 0.6) is 5.75 Å². The highest BCUT2D eigenvalue weighted by Gasteiger charge is 2.54. The number of hydrogen-bond donors (Lipinski definition) is 1. The van der Waals surface area contributed by atoms with Gasteiger partial charge in [0.2, 0.25) is 15.9 Å². The van der Waals surface area contributed by atoms with Crippen LogP contribution in [0.15, 0.2) is 53.2 Å². The van der Waals surface area contributed by atoms with Gasteiger partial charge in [0.05, 0.1) is 25.4 Å². The molecule has 39 heavy (non-hydrogen) atoms. The number of aromatic nitrogens is 1. The molecule has 11 nitrogen and oxygen atoms in total. The van der Waals surface area contributed by atoms with Crippen LogP contribution in [-0.4, -0.2) is 78.5 Å². The molecule has 0 saturated carbocycles. The molecule has 2 aliphatic heterocycles. The first kappa shape index (κ1) is 26.8. The standard InChI is InChI=1S/C27H30N4O7S/c1-3-5-20(29-26(33)24-13-18-12-19(37-2)7-8-23(18)38-24)27(34)30-11-9-21-25(30)22(32)15-31(21)39(35,36)16-17-6-4-10-28-14-17/h4,6-8,10,12-14,20-21,25H,3,5,9,11,15-16H2,1-2H3,(H,29,33). The molecule has 2 fully saturated rings. The van der Waals surface area contributed by atoms with E-state index >= 15 is 0 Å². The number of fused-ring (bicyclic) bond motifs is 2. The number of carbonyl (C=O) groups excluding carboxylic acids is 3. The maximum absolute atomic E-state index is 13.6. The second kappa shape index (κ2) is 10.8. The van der Waals surface area contributed by atoms with Crippen LogP contribution in [0.4, 0.5) is 0 Å². The molecule has 0 radical (unpaired) electrons. The Morgan fingerprint density at radius 1 is 1.26 bits per heavy atom. The van der Waals surface area contributed by atoms with Crippen LogP contribution in [-0.2, 0) is 25.4 Å². The number of ketones is 1. The first-order chi connectivity index (χ1) is 18.7. The summed E-state index contributed by atoms with van der Waals surface area (Å²) in [5.74, 6) is -0.884. The van der Waals surface area contributed by atoms with E-state index in [9.17, 15) is 22.8 Å². The number of amides is 2. The zero-order valence-electron chi connectivity index (χ0n) is 21.7. The molecule has 4 heterocycles. The molecule has 1 aromatic carbocycles. The van der Waals surface area contributed by atoms with E-state index in [-0.39, 0.29) is 30.4 Å². The van der Waals surface area contributed by atoms with Gasteiger partial charge in [-0.1, -0.05) is 19.4 Å². The molecule has 3 atom stereocenters. The van der Waals surface area contributed by atoms with Gasteiger partial charge in [-0.15, -0.1) is 0 Å². The van der Waals surface area contributed by atoms with Gasteiger partial charge in [-0.2, -0.15) is 4.31 Å². The summed E-state index contributed by atoms with van der Waals surface area (Å²) in [6.45, 7) is 1.83. The number of hydrogen-bond acceptors (Lipinski definition) is 8. The predicted molar refractivity (Wildman–Crippen MR) is 141 cm³/mol. The molecule has 2 aromatic heterocycles. The largest absolute Gasteiger partial charge is 0.497 e. The number of carbonyl (C=O) groups is 3. The summed E-state index contributed by atoms with van der Waals surface area (Å²) in [6.07, 6.45) is 4.34. The highest BCUT2D eigenvalue weighted by Crippen LogP contribution is 2.33. The first-order valence-corrected chi connectivity index (χ1v) is 14.4. The van der Waals surface area contributed by atoms with E-state index < -0.39 is 40.0 Å². The third-order valence-electron chi connectivity index (χ3n) is 7.22. The number of benzene rings is 1. The van der Waals surface area contributed by atoms with Gasteiger partial charge in [0.15, 0.2) is 11.5 Å². The second-order valence-electron chi connectivity index (χ2n) is 9.79. The lowest BCUT2D eigenvalue weighted by Crippen LogP contribution is -2.52. The van der Waals surface area contributed by atoms with Crippen LogP contribution in [0, 0.1) is 0 Å². The Bertz CT molecular complexity index is 1500. The van der Waals surface area contributed by atoms with Gasteiger partial charge in [0.1, 0.15) is 23.4 Å². The first-order valence-electron chi connectivity index (χ1n) is 12.8. The molecular formula is C27H30N4O7S. The number of nitrogens with zero attached hydrogens (tertiary/aromatic N) is 3. The van der Waals surface area contributed by atoms with Crippen LogP contribution in [0.2, 0.25) is 0 Å². The number of methoxy groups -OCH3 is 1. The van der Waals surface area contributed by atoms with E-state index in [4.69, 9.17) is 9.15 Å². The maximum Gasteiger partial charge on any atom is 0.287 e. The van der Waals surface area contributed by atoms with Crippen LogP contribution in [0.1, 0.15) is 42.3 Å². The number of rotatable bonds is 9. The number of pyridine rings is 1. The summed E-state index contributed by atoms with van der Waals surface area (Å²) in [6, 6.07) is 7.67. The Labute approximate surface area is 226 Å². The molecule has 0 spiro atoms. The van der Waals surface area contributed by atoms with Crippen LogP contribution in [0.25, 0.3) is 11.0 Å². The normalized spacial score (nSPS) is 20.3. The summed E-state index contributed by atoms with van der Waals surface area (Å²) < 4.78 is 38.5. The van der Waals surface area contributed by atoms with Crippen molar-refractivity contribution in [3.8, 4) is 5.75 Å². The van der Waals surface area contributed by atoms with Gasteiger partial charge < -0.3 is 19.4 Å². The van der Waals surface area contributed by atoms with Crippen molar-refractivity contribution in [2.75, 3.05) is 20.2 Å². The van der Waals surface area contributed by atoms with Gasteiger partial charge in [0, 0.05) is 24.3 Å². The predicted octanol–water partition coefficient (Wildman–Crippen LogP) is 2.12. The smallest absolute Gasteiger partial charge is 0.287 e. The molecule has 1 N–H and O–H groups in total. The van der Waals surface area contributed by atoms with Crippen molar-refractivity contribution in [1.29, 1.82) is 0 Å². The Balaban J connectivity index is 1.31. The van der Waals surface area contributed by atoms with E-state index in [0.717, 1.165) is 0 Å². The molecule has 2 saturated heterocycles. The zero-order valence-corrected chi connectivity index (χ0v) is 22.5. The van der Waals surface area contributed by atoms with Crippen molar-refractivity contribution in [3.05, 3.63) is 60.1 Å². The third kappa shape index (κ3) is 5.26. The summed E-state index contributed by atoms with van der Waals surface area (Å²) >= 11 is 0. The van der Waals surface area contributed by atoms with Crippen molar-refractivity contribution in [2.45, 2.75) is 50.1 Å². The van der Waals surface area contributed by atoms with Gasteiger partial charge in [0.25, 0.3) is 5.91 Å². The molecule has 2 aliphatic rings. The van der Waals surface area contributed by atoms with Gasteiger partial charge >= 0.3 is 0 Å². The molecule has 5 rings (SSSR count). The highest BCUT2D eigenvalue weighted by atomic mass is 32.2. The topological polar surface area (TPSA) is 139 Å². The lowest BCUT2D eigenvalue weighted by atomic mass is 10.1. The molecule has 12 heteroatoms. The number of sulfonamides is 1. The van der Waals surface area contributed by atoms with E-state index in [2.05, 4.69) is 10.3 Å². The van der Waals surface area contributed by atoms with E-state index in [1.165, 1.54) is 15.4 Å². The molecule has 2 amide bonds. The van der Waals surface area contributed by atoms with Crippen molar-refractivity contribution in [2.24, 2.45) is 0 Å². The number of ether oxygens (including phenoxy) is 1. The van der Waals surface area contributed by atoms with Gasteiger partial charge in [-0.05, 0) is 48.7 Å². The van der Waals surface area contributed by atoms with Gasteiger partial charge in [-0.3, -0.25) is 19.4 Å². The Kier molecular flexibility index (Phi) is 7.41. The van der Waals surface area contributed by atoms with Crippen LogP contribution < -0.4 is 10.1 Å². The van der Waals surface area contributed by atoms with Crippen molar-refractivity contribution >= 4 is 38.6 Å². The summed E-state index contributed by atoms with van der Waals surface area (Å²) in [7, 11) is -2.26. The number of likely N-dealkylation sites (tertiary alicyclic amines) is 1. The van der Waals surface area contributed by atoms with Crippen molar-refractivity contribution < 1.29 is 32.0 Å². The molecule has 0 aliphatic carbocycles. The van der Waals surface area contributed by atoms with Crippen molar-refractivity contribution in [1.82, 2.24) is 19.5 Å². The minimum Gasteiger partial charge on any atom is -0.497 e. The lowest BCUT2D eigenvalue weighted by Gasteiger charge is -2.28. The molecular weight excluding hydrogens is 524 g/mol. The van der Waals surface area contributed by atoms with E-state index in [1.807, 2.05) is 6.92 Å².